The third-order valence-electron chi connectivity index (χ3n) is 2.50. The maximum absolute atomic E-state index is 5.75. The summed E-state index contributed by atoms with van der Waals surface area (Å²) >= 11 is 0. The molecule has 1 aliphatic rings. The molecular weight excluding hydrogens is 178 g/mol. The molecule has 14 heavy (non-hydrogen) atoms. The van der Waals surface area contributed by atoms with Gasteiger partial charge in [0.2, 0.25) is 0 Å². The lowest BCUT2D eigenvalue weighted by Crippen LogP contribution is -2.30. The van der Waals surface area contributed by atoms with E-state index in [-0.39, 0.29) is 6.23 Å². The predicted octanol–water partition coefficient (Wildman–Crippen LogP) is 1.45. The van der Waals surface area contributed by atoms with Crippen LogP contribution < -0.4 is 5.32 Å². The quantitative estimate of drug-likeness (QED) is 0.771. The molecule has 1 aromatic rings. The zero-order valence-corrected chi connectivity index (χ0v) is 8.49. The Kier molecular flexibility index (Phi) is 2.54. The highest BCUT2D eigenvalue weighted by atomic mass is 16.7. The van der Waals surface area contributed by atoms with E-state index in [0.717, 1.165) is 5.56 Å². The molecule has 3 heteroatoms. The van der Waals surface area contributed by atoms with Crippen LogP contribution >= 0.6 is 0 Å². The van der Waals surface area contributed by atoms with E-state index in [9.17, 15) is 0 Å². The van der Waals surface area contributed by atoms with Gasteiger partial charge >= 0.3 is 0 Å². The highest BCUT2D eigenvalue weighted by Gasteiger charge is 2.37. The number of benzene rings is 1. The lowest BCUT2D eigenvalue weighted by atomic mass is 10.1. The molecule has 0 saturated carbocycles. The average molecular weight is 193 g/mol. The van der Waals surface area contributed by atoms with Crippen LogP contribution in [0.1, 0.15) is 12.5 Å². The van der Waals surface area contributed by atoms with E-state index in [1.165, 1.54) is 0 Å². The fourth-order valence-corrected chi connectivity index (χ4v) is 1.61. The first-order valence-corrected chi connectivity index (χ1v) is 4.79. The third kappa shape index (κ3) is 1.66. The zero-order chi connectivity index (χ0) is 10.0. The van der Waals surface area contributed by atoms with E-state index in [1.807, 2.05) is 44.3 Å². The number of rotatable bonds is 2. The van der Waals surface area contributed by atoms with Crippen LogP contribution in [0, 0.1) is 0 Å². The lowest BCUT2D eigenvalue weighted by Gasteiger charge is -2.23. The van der Waals surface area contributed by atoms with Crippen LogP contribution in [-0.2, 0) is 15.3 Å². The number of likely N-dealkylation sites (N-methyl/N-ethyl adjacent to an activating group) is 1. The SMILES string of the molecule is CNC1COC(C)(c2ccccc2)O1. The van der Waals surface area contributed by atoms with E-state index in [1.54, 1.807) is 0 Å². The molecule has 0 radical (unpaired) electrons. The van der Waals surface area contributed by atoms with Crippen LogP contribution in [0.25, 0.3) is 0 Å². The summed E-state index contributed by atoms with van der Waals surface area (Å²) in [6.07, 6.45) is -0.0137. The Morgan fingerprint density at radius 2 is 2.07 bits per heavy atom. The van der Waals surface area contributed by atoms with Crippen LogP contribution in [0.15, 0.2) is 30.3 Å². The second kappa shape index (κ2) is 3.69. The maximum Gasteiger partial charge on any atom is 0.194 e. The van der Waals surface area contributed by atoms with Gasteiger partial charge in [-0.25, -0.2) is 0 Å². The Balaban J connectivity index is 2.19. The molecule has 76 valence electrons. The number of hydrogen-bond acceptors (Lipinski definition) is 3. The highest BCUT2D eigenvalue weighted by Crippen LogP contribution is 2.32. The fraction of sp³-hybridized carbons (Fsp3) is 0.455. The minimum absolute atomic E-state index is 0.0137. The van der Waals surface area contributed by atoms with Gasteiger partial charge in [0.25, 0.3) is 0 Å². The van der Waals surface area contributed by atoms with E-state index < -0.39 is 5.79 Å². The van der Waals surface area contributed by atoms with Crippen LogP contribution in [0.2, 0.25) is 0 Å². The summed E-state index contributed by atoms with van der Waals surface area (Å²) in [6.45, 7) is 2.53. The van der Waals surface area contributed by atoms with E-state index in [4.69, 9.17) is 9.47 Å². The second-order valence-electron chi connectivity index (χ2n) is 3.52. The van der Waals surface area contributed by atoms with Gasteiger partial charge in [0, 0.05) is 5.56 Å². The van der Waals surface area contributed by atoms with Crippen molar-refractivity contribution in [3.63, 3.8) is 0 Å². The molecule has 3 nitrogen and oxygen atoms in total. The van der Waals surface area contributed by atoms with Crippen LogP contribution in [0.4, 0.5) is 0 Å². The van der Waals surface area contributed by atoms with Gasteiger partial charge in [-0.05, 0) is 14.0 Å². The van der Waals surface area contributed by atoms with Gasteiger partial charge in [0.1, 0.15) is 6.23 Å². The molecule has 1 aliphatic heterocycles. The minimum Gasteiger partial charge on any atom is -0.342 e. The molecule has 1 fully saturated rings. The third-order valence-corrected chi connectivity index (χ3v) is 2.50. The first-order chi connectivity index (χ1) is 6.74. The molecule has 2 atom stereocenters. The number of ether oxygens (including phenoxy) is 2. The fourth-order valence-electron chi connectivity index (χ4n) is 1.61. The van der Waals surface area contributed by atoms with Crippen molar-refractivity contribution < 1.29 is 9.47 Å². The molecule has 1 saturated heterocycles. The Bertz CT molecular complexity index is 301. The van der Waals surface area contributed by atoms with Gasteiger partial charge in [0.05, 0.1) is 6.61 Å². The molecule has 0 aliphatic carbocycles. The molecule has 2 unspecified atom stereocenters. The minimum atomic E-state index is -0.602. The standard InChI is InChI=1S/C11H15NO2/c1-11(9-6-4-3-5-7-9)13-8-10(12-2)14-11/h3-7,10,12H,8H2,1-2H3. The smallest absolute Gasteiger partial charge is 0.194 e. The second-order valence-corrected chi connectivity index (χ2v) is 3.52. The van der Waals surface area contributed by atoms with Crippen LogP contribution in [-0.4, -0.2) is 19.9 Å². The first-order valence-electron chi connectivity index (χ1n) is 4.79. The van der Waals surface area contributed by atoms with Gasteiger partial charge in [-0.1, -0.05) is 30.3 Å². The summed E-state index contributed by atoms with van der Waals surface area (Å²) < 4.78 is 11.4. The molecule has 1 aromatic carbocycles. The molecule has 0 spiro atoms. The van der Waals surface area contributed by atoms with Gasteiger partial charge in [-0.3, -0.25) is 5.32 Å². The topological polar surface area (TPSA) is 30.5 Å². The summed E-state index contributed by atoms with van der Waals surface area (Å²) in [6, 6.07) is 9.98. The molecule has 2 rings (SSSR count). The largest absolute Gasteiger partial charge is 0.342 e. The Morgan fingerprint density at radius 1 is 1.36 bits per heavy atom. The molecule has 1 N–H and O–H groups in total. The summed E-state index contributed by atoms with van der Waals surface area (Å²) in [5.41, 5.74) is 1.05. The van der Waals surface area contributed by atoms with Crippen molar-refractivity contribution in [3.05, 3.63) is 35.9 Å². The Labute approximate surface area is 84.0 Å². The van der Waals surface area contributed by atoms with E-state index in [0.29, 0.717) is 6.61 Å². The van der Waals surface area contributed by atoms with Crippen molar-refractivity contribution in [1.29, 1.82) is 0 Å². The Morgan fingerprint density at radius 3 is 2.64 bits per heavy atom. The lowest BCUT2D eigenvalue weighted by molar-refractivity contribution is -0.164. The molecule has 0 aromatic heterocycles. The maximum atomic E-state index is 5.75. The van der Waals surface area contributed by atoms with Crippen LogP contribution in [0.3, 0.4) is 0 Å². The molecule has 0 bridgehead atoms. The number of hydrogen-bond donors (Lipinski definition) is 1. The Hall–Kier alpha value is -0.900. The van der Waals surface area contributed by atoms with Crippen LogP contribution in [0.5, 0.6) is 0 Å². The monoisotopic (exact) mass is 193 g/mol. The summed E-state index contributed by atoms with van der Waals surface area (Å²) in [4.78, 5) is 0. The van der Waals surface area contributed by atoms with E-state index in [2.05, 4.69) is 5.32 Å². The summed E-state index contributed by atoms with van der Waals surface area (Å²) in [7, 11) is 1.87. The van der Waals surface area contributed by atoms with Crippen molar-refractivity contribution in [2.45, 2.75) is 18.9 Å². The van der Waals surface area contributed by atoms with Crippen molar-refractivity contribution in [3.8, 4) is 0 Å². The average Bonchev–Trinajstić information content (AvgIpc) is 2.63. The molecule has 1 heterocycles. The van der Waals surface area contributed by atoms with Gasteiger partial charge in [-0.2, -0.15) is 0 Å². The zero-order valence-electron chi connectivity index (χ0n) is 8.49. The van der Waals surface area contributed by atoms with Crippen molar-refractivity contribution in [2.75, 3.05) is 13.7 Å². The predicted molar refractivity (Wildman–Crippen MR) is 53.7 cm³/mol. The van der Waals surface area contributed by atoms with Gasteiger partial charge in [-0.15, -0.1) is 0 Å². The van der Waals surface area contributed by atoms with Crippen molar-refractivity contribution in [1.82, 2.24) is 5.32 Å². The summed E-state index contributed by atoms with van der Waals surface area (Å²) in [5, 5.41) is 3.04. The highest BCUT2D eigenvalue weighted by molar-refractivity contribution is 5.20. The normalized spacial score (nSPS) is 32.0. The van der Waals surface area contributed by atoms with Crippen molar-refractivity contribution in [2.24, 2.45) is 0 Å². The van der Waals surface area contributed by atoms with Gasteiger partial charge in [0.15, 0.2) is 5.79 Å². The van der Waals surface area contributed by atoms with Gasteiger partial charge < -0.3 is 9.47 Å². The molecular formula is C11H15NO2. The first kappa shape index (κ1) is 9.65. The molecule has 0 amide bonds. The van der Waals surface area contributed by atoms with E-state index >= 15 is 0 Å². The number of nitrogens with one attached hydrogen (secondary N) is 1. The summed E-state index contributed by atoms with van der Waals surface area (Å²) in [5.74, 6) is -0.602. The van der Waals surface area contributed by atoms with Crippen molar-refractivity contribution >= 4 is 0 Å².